The van der Waals surface area contributed by atoms with Crippen molar-refractivity contribution in [3.8, 4) is 0 Å². The summed E-state index contributed by atoms with van der Waals surface area (Å²) >= 11 is 0. The molecule has 0 saturated carbocycles. The third-order valence-corrected chi connectivity index (χ3v) is 6.73. The molecule has 4 rings (SSSR count). The highest BCUT2D eigenvalue weighted by Crippen LogP contribution is 2.37. The zero-order chi connectivity index (χ0) is 26.2. The van der Waals surface area contributed by atoms with Crippen molar-refractivity contribution in [3.05, 3.63) is 101 Å². The first-order valence-electron chi connectivity index (χ1n) is 12.8. The minimum Gasteiger partial charge on any atom is -0.481 e. The molecule has 0 fully saturated rings. The van der Waals surface area contributed by atoms with Crippen molar-refractivity contribution >= 4 is 23.5 Å². The summed E-state index contributed by atoms with van der Waals surface area (Å²) in [6.07, 6.45) is 3.72. The number of rotatable bonds is 11. The quantitative estimate of drug-likeness (QED) is 0.392. The zero-order valence-corrected chi connectivity index (χ0v) is 21.0. The molecule has 0 atom stereocenters. The van der Waals surface area contributed by atoms with Crippen molar-refractivity contribution < 1.29 is 25.2 Å². The number of anilines is 1. The first-order chi connectivity index (χ1) is 18.0. The van der Waals surface area contributed by atoms with Crippen molar-refractivity contribution in [1.82, 2.24) is 4.90 Å². The minimum atomic E-state index is -1.01. The number of carboxylic acids is 1. The predicted molar refractivity (Wildman–Crippen MR) is 142 cm³/mol. The lowest BCUT2D eigenvalue weighted by Gasteiger charge is -2.33. The van der Waals surface area contributed by atoms with Crippen LogP contribution in [0.1, 0.15) is 58.8 Å². The summed E-state index contributed by atoms with van der Waals surface area (Å²) in [6, 6.07) is 24.9. The van der Waals surface area contributed by atoms with E-state index in [1.807, 2.05) is 78.9 Å². The largest absolute Gasteiger partial charge is 0.481 e. The standard InChI is InChI=1S/C30H33N3O4/c31-18-9-3-4-10-22-15-16-26-25(20-22)30(37)32(19-17-28(35)36)21-27(34)33(26)29(23-11-5-1-6-12-23)24-13-7-2-8-14-24/h1-2,5-8,11-16,20,29H,3-4,9-10,17-19,21,31H2,(H,35,36)/p+1. The molecule has 3 aromatic carbocycles. The molecule has 3 aromatic rings. The molecule has 7 heteroatoms. The molecule has 0 radical (unpaired) electrons. The maximum absolute atomic E-state index is 13.9. The fourth-order valence-corrected chi connectivity index (χ4v) is 4.87. The number of aryl methyl sites for hydroxylation is 1. The van der Waals surface area contributed by atoms with Gasteiger partial charge in [-0.2, -0.15) is 0 Å². The van der Waals surface area contributed by atoms with Gasteiger partial charge in [-0.3, -0.25) is 19.3 Å². The molecule has 0 saturated heterocycles. The minimum absolute atomic E-state index is 0.0255. The molecule has 4 N–H and O–H groups in total. The number of carbonyl (C=O) groups excluding carboxylic acids is 2. The molecule has 1 aliphatic heterocycles. The summed E-state index contributed by atoms with van der Waals surface area (Å²) in [5.74, 6) is -1.57. The van der Waals surface area contributed by atoms with Crippen LogP contribution in [-0.2, 0) is 16.0 Å². The monoisotopic (exact) mass is 500 g/mol. The molecule has 7 nitrogen and oxygen atoms in total. The predicted octanol–water partition coefficient (Wildman–Crippen LogP) is 3.69. The van der Waals surface area contributed by atoms with E-state index in [4.69, 9.17) is 0 Å². The SMILES string of the molecule is [NH3+]CCCCCc1ccc2c(c1)C(=O)N(CCC(=O)O)CC(=O)N2C(c1ccccc1)c1ccccc1. The van der Waals surface area contributed by atoms with E-state index >= 15 is 0 Å². The lowest BCUT2D eigenvalue weighted by molar-refractivity contribution is -0.368. The van der Waals surface area contributed by atoms with Gasteiger partial charge < -0.3 is 15.7 Å². The molecule has 0 aromatic heterocycles. The summed E-state index contributed by atoms with van der Waals surface area (Å²) in [5.41, 5.74) is 7.76. The van der Waals surface area contributed by atoms with Crippen molar-refractivity contribution in [2.45, 2.75) is 38.1 Å². The second-order valence-corrected chi connectivity index (χ2v) is 9.37. The number of carbonyl (C=O) groups is 3. The Morgan fingerprint density at radius 2 is 1.54 bits per heavy atom. The van der Waals surface area contributed by atoms with Gasteiger partial charge in [0.2, 0.25) is 5.91 Å². The third kappa shape index (κ3) is 6.24. The average molecular weight is 501 g/mol. The summed E-state index contributed by atoms with van der Waals surface area (Å²) in [7, 11) is 0. The highest BCUT2D eigenvalue weighted by atomic mass is 16.4. The van der Waals surface area contributed by atoms with Crippen LogP contribution in [0.15, 0.2) is 78.9 Å². The Hall–Kier alpha value is -3.97. The molecule has 37 heavy (non-hydrogen) atoms. The van der Waals surface area contributed by atoms with Gasteiger partial charge in [0, 0.05) is 6.54 Å². The van der Waals surface area contributed by atoms with Crippen LogP contribution in [0.3, 0.4) is 0 Å². The highest BCUT2D eigenvalue weighted by molar-refractivity contribution is 6.10. The summed E-state index contributed by atoms with van der Waals surface area (Å²) in [6.45, 7) is 0.691. The third-order valence-electron chi connectivity index (χ3n) is 6.73. The summed E-state index contributed by atoms with van der Waals surface area (Å²) in [5, 5.41) is 9.25. The second-order valence-electron chi connectivity index (χ2n) is 9.37. The van der Waals surface area contributed by atoms with Crippen LogP contribution in [0.5, 0.6) is 0 Å². The number of unbranched alkanes of at least 4 members (excludes halogenated alkanes) is 2. The van der Waals surface area contributed by atoms with Crippen LogP contribution < -0.4 is 10.6 Å². The highest BCUT2D eigenvalue weighted by Gasteiger charge is 2.36. The molecule has 192 valence electrons. The molecule has 0 bridgehead atoms. The molecular formula is C30H34N3O4+. The van der Waals surface area contributed by atoms with E-state index < -0.39 is 12.0 Å². The van der Waals surface area contributed by atoms with E-state index in [0.29, 0.717) is 11.3 Å². The Kier molecular flexibility index (Phi) is 8.69. The number of fused-ring (bicyclic) bond motifs is 1. The average Bonchev–Trinajstić information content (AvgIpc) is 3.01. The number of carboxylic acid groups (broad SMARTS) is 1. The van der Waals surface area contributed by atoms with Crippen LogP contribution in [-0.4, -0.2) is 47.4 Å². The Morgan fingerprint density at radius 3 is 2.14 bits per heavy atom. The van der Waals surface area contributed by atoms with E-state index in [9.17, 15) is 19.5 Å². The van der Waals surface area contributed by atoms with Gasteiger partial charge in [0.15, 0.2) is 0 Å². The van der Waals surface area contributed by atoms with Gasteiger partial charge in [0.05, 0.1) is 30.3 Å². The van der Waals surface area contributed by atoms with Crippen LogP contribution in [0.2, 0.25) is 0 Å². The fourth-order valence-electron chi connectivity index (χ4n) is 4.87. The summed E-state index contributed by atoms with van der Waals surface area (Å²) < 4.78 is 0. The zero-order valence-electron chi connectivity index (χ0n) is 21.0. The van der Waals surface area contributed by atoms with E-state index in [-0.39, 0.29) is 31.3 Å². The first kappa shape index (κ1) is 26.1. The van der Waals surface area contributed by atoms with Crippen LogP contribution >= 0.6 is 0 Å². The molecule has 1 aliphatic rings. The number of hydrogen-bond donors (Lipinski definition) is 2. The van der Waals surface area contributed by atoms with E-state index in [0.717, 1.165) is 48.9 Å². The molecule has 0 spiro atoms. The Morgan fingerprint density at radius 1 is 0.892 bits per heavy atom. The molecule has 2 amide bonds. The first-order valence-corrected chi connectivity index (χ1v) is 12.8. The van der Waals surface area contributed by atoms with Gasteiger partial charge in [-0.1, -0.05) is 66.7 Å². The maximum Gasteiger partial charge on any atom is 0.305 e. The molecular weight excluding hydrogens is 466 g/mol. The van der Waals surface area contributed by atoms with Crippen molar-refractivity contribution in [2.24, 2.45) is 0 Å². The summed E-state index contributed by atoms with van der Waals surface area (Å²) in [4.78, 5) is 42.0. The van der Waals surface area contributed by atoms with Gasteiger partial charge in [-0.15, -0.1) is 0 Å². The second kappa shape index (κ2) is 12.3. The van der Waals surface area contributed by atoms with Crippen LogP contribution in [0.4, 0.5) is 5.69 Å². The van der Waals surface area contributed by atoms with Gasteiger partial charge in [0.25, 0.3) is 5.91 Å². The lowest BCUT2D eigenvalue weighted by Crippen LogP contribution is -2.50. The number of aliphatic carboxylic acids is 1. The number of amides is 2. The van der Waals surface area contributed by atoms with Crippen molar-refractivity contribution in [1.29, 1.82) is 0 Å². The molecule has 0 unspecified atom stereocenters. The normalized spacial score (nSPS) is 13.6. The van der Waals surface area contributed by atoms with Crippen molar-refractivity contribution in [3.63, 3.8) is 0 Å². The van der Waals surface area contributed by atoms with Crippen molar-refractivity contribution in [2.75, 3.05) is 24.5 Å². The van der Waals surface area contributed by atoms with Crippen LogP contribution in [0, 0.1) is 0 Å². The topological polar surface area (TPSA) is 106 Å². The number of hydrogen-bond acceptors (Lipinski definition) is 3. The Bertz CT molecular complexity index is 1190. The Labute approximate surface area is 217 Å². The maximum atomic E-state index is 13.9. The number of benzene rings is 3. The van der Waals surface area contributed by atoms with Gasteiger partial charge >= 0.3 is 5.97 Å². The smallest absolute Gasteiger partial charge is 0.305 e. The van der Waals surface area contributed by atoms with E-state index in [1.54, 1.807) is 4.90 Å². The van der Waals surface area contributed by atoms with Gasteiger partial charge in [-0.05, 0) is 54.5 Å². The lowest BCUT2D eigenvalue weighted by atomic mass is 9.95. The Balaban J connectivity index is 1.81. The van der Waals surface area contributed by atoms with Gasteiger partial charge in [0.1, 0.15) is 6.54 Å². The van der Waals surface area contributed by atoms with Crippen LogP contribution in [0.25, 0.3) is 0 Å². The van der Waals surface area contributed by atoms with E-state index in [2.05, 4.69) is 5.73 Å². The van der Waals surface area contributed by atoms with E-state index in [1.165, 1.54) is 4.90 Å². The molecule has 0 aliphatic carbocycles. The number of nitrogens with zero attached hydrogens (tertiary/aromatic N) is 2. The molecule has 1 heterocycles. The fraction of sp³-hybridized carbons (Fsp3) is 0.300. The van der Waals surface area contributed by atoms with Gasteiger partial charge in [-0.25, -0.2) is 0 Å². The number of quaternary nitrogens is 1.